The summed E-state index contributed by atoms with van der Waals surface area (Å²) in [5, 5.41) is 40.0. The summed E-state index contributed by atoms with van der Waals surface area (Å²) in [7, 11) is 0. The van der Waals surface area contributed by atoms with Gasteiger partial charge in [-0.05, 0) is 0 Å². The molecular weight excluding hydrogens is 194 g/mol. The molecular formula is C6H12N3O5+. The average molecular weight is 206 g/mol. The van der Waals surface area contributed by atoms with Crippen LogP contribution in [-0.2, 0) is 4.74 Å². The fraction of sp³-hybridized carbons (Fsp3) is 1.00. The van der Waals surface area contributed by atoms with E-state index in [0.29, 0.717) is 0 Å². The Labute approximate surface area is 79.0 Å². The molecule has 0 spiro atoms. The molecule has 0 saturated carbocycles. The molecule has 1 aliphatic heterocycles. The highest BCUT2D eigenvalue weighted by Crippen LogP contribution is 2.19. The smallest absolute Gasteiger partial charge is 0.214 e. The van der Waals surface area contributed by atoms with Gasteiger partial charge >= 0.3 is 0 Å². The third-order valence-corrected chi connectivity index (χ3v) is 2.02. The van der Waals surface area contributed by atoms with Crippen molar-refractivity contribution in [2.45, 2.75) is 30.7 Å². The highest BCUT2D eigenvalue weighted by molar-refractivity contribution is 4.89. The molecule has 5 atom stereocenters. The highest BCUT2D eigenvalue weighted by Gasteiger charge is 2.43. The number of ether oxygens (including phenoxy) is 1. The highest BCUT2D eigenvalue weighted by atomic mass is 16.6. The quantitative estimate of drug-likeness (QED) is 0.247. The lowest BCUT2D eigenvalue weighted by Crippen LogP contribution is -2.58. The van der Waals surface area contributed by atoms with Gasteiger partial charge in [-0.25, -0.2) is 0 Å². The maximum atomic E-state index is 9.34. The van der Waals surface area contributed by atoms with Crippen molar-refractivity contribution in [2.24, 2.45) is 5.11 Å². The molecule has 0 bridgehead atoms. The van der Waals surface area contributed by atoms with Gasteiger partial charge in [-0.1, -0.05) is 0 Å². The van der Waals surface area contributed by atoms with Crippen molar-refractivity contribution in [1.82, 2.24) is 4.91 Å². The van der Waals surface area contributed by atoms with Crippen molar-refractivity contribution in [3.05, 3.63) is 0 Å². The largest absolute Gasteiger partial charge is 0.388 e. The zero-order chi connectivity index (χ0) is 10.7. The van der Waals surface area contributed by atoms with Gasteiger partial charge in [0.05, 0.1) is 0 Å². The summed E-state index contributed by atoms with van der Waals surface area (Å²) in [6, 6.07) is 0. The summed E-state index contributed by atoms with van der Waals surface area (Å²) in [5.74, 6) is 0. The third kappa shape index (κ3) is 2.13. The van der Waals surface area contributed by atoms with Crippen molar-refractivity contribution < 1.29 is 25.2 Å². The molecule has 8 heteroatoms. The van der Waals surface area contributed by atoms with Crippen LogP contribution in [0.25, 0.3) is 0 Å². The zero-order valence-electron chi connectivity index (χ0n) is 7.19. The van der Waals surface area contributed by atoms with E-state index in [2.05, 4.69) is 10.0 Å². The number of hydrogen-bond acceptors (Lipinski definition) is 7. The predicted molar refractivity (Wildman–Crippen MR) is 41.0 cm³/mol. The van der Waals surface area contributed by atoms with Crippen LogP contribution >= 0.6 is 0 Å². The fourth-order valence-electron chi connectivity index (χ4n) is 1.20. The molecule has 1 fully saturated rings. The van der Waals surface area contributed by atoms with Crippen LogP contribution in [0, 0.1) is 5.53 Å². The van der Waals surface area contributed by atoms with Crippen molar-refractivity contribution in [1.29, 1.82) is 5.53 Å². The van der Waals surface area contributed by atoms with Crippen LogP contribution in [0.2, 0.25) is 0 Å². The molecule has 0 aromatic carbocycles. The summed E-state index contributed by atoms with van der Waals surface area (Å²) < 4.78 is 4.74. The van der Waals surface area contributed by atoms with Gasteiger partial charge in [-0.3, -0.25) is 0 Å². The van der Waals surface area contributed by atoms with Crippen LogP contribution in [-0.4, -0.2) is 57.7 Å². The molecule has 1 rings (SSSR count). The Balaban J connectivity index is 2.64. The topological polar surface area (TPSA) is 140 Å². The summed E-state index contributed by atoms with van der Waals surface area (Å²) in [5.41, 5.74) is 6.37. The van der Waals surface area contributed by atoms with E-state index >= 15 is 0 Å². The van der Waals surface area contributed by atoms with Gasteiger partial charge in [-0.15, -0.1) is 0 Å². The van der Waals surface area contributed by atoms with Gasteiger partial charge in [-0.2, -0.15) is 0 Å². The first-order valence-corrected chi connectivity index (χ1v) is 3.99. The maximum Gasteiger partial charge on any atom is 0.214 e. The second-order valence-corrected chi connectivity index (χ2v) is 2.96. The lowest BCUT2D eigenvalue weighted by molar-refractivity contribution is -0.279. The van der Waals surface area contributed by atoms with Gasteiger partial charge in [0.15, 0.2) is 12.8 Å². The van der Waals surface area contributed by atoms with Gasteiger partial charge < -0.3 is 25.2 Å². The molecule has 8 nitrogen and oxygen atoms in total. The Morgan fingerprint density at radius 2 is 1.79 bits per heavy atom. The van der Waals surface area contributed by atoms with Crippen LogP contribution in [0.3, 0.4) is 0 Å². The van der Waals surface area contributed by atoms with Crippen molar-refractivity contribution >= 4 is 0 Å². The van der Waals surface area contributed by atoms with Crippen molar-refractivity contribution in [3.8, 4) is 0 Å². The van der Waals surface area contributed by atoms with Crippen molar-refractivity contribution in [2.75, 3.05) is 6.54 Å². The van der Waals surface area contributed by atoms with E-state index in [0.717, 1.165) is 0 Å². The molecule has 0 aromatic heterocycles. The molecule has 0 unspecified atom stereocenters. The first kappa shape index (κ1) is 11.2. The minimum Gasteiger partial charge on any atom is -0.388 e. The molecule has 5 N–H and O–H groups in total. The van der Waals surface area contributed by atoms with Crippen LogP contribution in [0.1, 0.15) is 0 Å². The molecule has 0 aromatic rings. The summed E-state index contributed by atoms with van der Waals surface area (Å²) in [4.78, 5) is 2.69. The van der Waals surface area contributed by atoms with Crippen LogP contribution in [0.5, 0.6) is 0 Å². The molecule has 0 aliphatic carbocycles. The van der Waals surface area contributed by atoms with E-state index in [1.54, 1.807) is 0 Å². The van der Waals surface area contributed by atoms with Gasteiger partial charge in [0.1, 0.15) is 35.1 Å². The van der Waals surface area contributed by atoms with Crippen LogP contribution < -0.4 is 4.91 Å². The Morgan fingerprint density at radius 1 is 1.14 bits per heavy atom. The first-order chi connectivity index (χ1) is 6.57. The van der Waals surface area contributed by atoms with E-state index in [1.165, 1.54) is 0 Å². The number of nitrogens with one attached hydrogen (secondary N) is 1. The number of rotatable bonds is 2. The molecule has 0 amide bonds. The van der Waals surface area contributed by atoms with Crippen LogP contribution in [0.15, 0.2) is 5.11 Å². The molecule has 1 heterocycles. The van der Waals surface area contributed by atoms with E-state index in [-0.39, 0.29) is 6.54 Å². The van der Waals surface area contributed by atoms with E-state index in [4.69, 9.17) is 20.5 Å². The number of nitrogens with zero attached hydrogens (tertiary/aromatic N) is 2. The molecule has 0 radical (unpaired) electrons. The first-order valence-electron chi connectivity index (χ1n) is 3.99. The molecule has 14 heavy (non-hydrogen) atoms. The minimum absolute atomic E-state index is 0.161. The lowest BCUT2D eigenvalue weighted by atomic mass is 9.99. The molecule has 80 valence electrons. The number of hydrogen-bond donors (Lipinski definition) is 5. The van der Waals surface area contributed by atoms with E-state index in [1.807, 2.05) is 0 Å². The summed E-state index contributed by atoms with van der Waals surface area (Å²) in [6.07, 6.45) is -6.95. The summed E-state index contributed by atoms with van der Waals surface area (Å²) >= 11 is 0. The summed E-state index contributed by atoms with van der Waals surface area (Å²) in [6.45, 7) is -0.161. The monoisotopic (exact) mass is 206 g/mol. The normalized spacial score (nSPS) is 43.0. The van der Waals surface area contributed by atoms with E-state index < -0.39 is 30.7 Å². The van der Waals surface area contributed by atoms with Gasteiger partial charge in [0, 0.05) is 0 Å². The zero-order valence-corrected chi connectivity index (χ0v) is 7.19. The van der Waals surface area contributed by atoms with E-state index in [9.17, 15) is 10.2 Å². The lowest BCUT2D eigenvalue weighted by Gasteiger charge is -2.36. The fourth-order valence-corrected chi connectivity index (χ4v) is 1.20. The standard InChI is InChI=1S/C6H12N3O5/c7-9-8-1-2-3(10)4(11)5(12)6(13)14-2/h2-7,10-13H,1H2/q+1/t2-,3-,4+,5-,6+/m1/s1. The molecule has 1 aliphatic rings. The second-order valence-electron chi connectivity index (χ2n) is 2.96. The third-order valence-electron chi connectivity index (χ3n) is 2.02. The predicted octanol–water partition coefficient (Wildman–Crippen LogP) is -2.66. The minimum atomic E-state index is -1.57. The maximum absolute atomic E-state index is 9.34. The van der Waals surface area contributed by atoms with Gasteiger partial charge in [0.2, 0.25) is 4.91 Å². The number of aliphatic hydroxyl groups excluding tert-OH is 4. The Kier molecular flexibility index (Phi) is 3.64. The van der Waals surface area contributed by atoms with Crippen molar-refractivity contribution in [3.63, 3.8) is 0 Å². The average Bonchev–Trinajstić information content (AvgIpc) is 2.18. The molecule has 1 saturated heterocycles. The number of aliphatic hydroxyl groups is 4. The second kappa shape index (κ2) is 4.56. The van der Waals surface area contributed by atoms with Gasteiger partial charge in [0.25, 0.3) is 0 Å². The van der Waals surface area contributed by atoms with Crippen LogP contribution in [0.4, 0.5) is 0 Å². The Hall–Kier alpha value is -0.890. The Bertz CT molecular complexity index is 244. The Morgan fingerprint density at radius 3 is 2.36 bits per heavy atom. The SMILES string of the molecule is N=[N+]=NC[C@H]1O[C@H](O)[C@H](O)[C@@H](O)[C@@H]1O.